The van der Waals surface area contributed by atoms with Crippen LogP contribution in [0, 0.1) is 11.6 Å². The van der Waals surface area contributed by atoms with Crippen molar-refractivity contribution < 1.29 is 17.6 Å². The summed E-state index contributed by atoms with van der Waals surface area (Å²) in [6.45, 7) is 0. The van der Waals surface area contributed by atoms with Gasteiger partial charge in [-0.05, 0) is 24.3 Å². The Bertz CT molecular complexity index is 1240. The smallest absolute Gasteiger partial charge is 0.254 e. The van der Waals surface area contributed by atoms with Gasteiger partial charge in [0.2, 0.25) is 0 Å². The molecule has 8 heteroatoms. The maximum atomic E-state index is 14.2. The van der Waals surface area contributed by atoms with E-state index in [-0.39, 0.29) is 11.3 Å². The van der Waals surface area contributed by atoms with Crippen molar-refractivity contribution in [2.75, 3.05) is 0 Å². The quantitative estimate of drug-likeness (QED) is 0.468. The van der Waals surface area contributed by atoms with Crippen molar-refractivity contribution in [1.82, 2.24) is 19.6 Å². The van der Waals surface area contributed by atoms with E-state index in [1.807, 2.05) is 0 Å². The minimum atomic E-state index is -0.703. The molecule has 0 aliphatic rings. The lowest BCUT2D eigenvalue weighted by Gasteiger charge is -2.06. The summed E-state index contributed by atoms with van der Waals surface area (Å²) in [5, 5.41) is 8.39. The van der Waals surface area contributed by atoms with E-state index < -0.39 is 11.6 Å². The third-order valence-electron chi connectivity index (χ3n) is 4.19. The number of rotatable bonds is 3. The van der Waals surface area contributed by atoms with E-state index in [0.29, 0.717) is 17.1 Å². The van der Waals surface area contributed by atoms with Crippen molar-refractivity contribution in [3.63, 3.8) is 0 Å². The van der Waals surface area contributed by atoms with E-state index in [2.05, 4.69) is 15.2 Å². The van der Waals surface area contributed by atoms with Gasteiger partial charge in [-0.3, -0.25) is 4.40 Å². The predicted molar refractivity (Wildman–Crippen MR) is 91.5 cm³/mol. The van der Waals surface area contributed by atoms with Crippen LogP contribution in [0.5, 0.6) is 0 Å². The van der Waals surface area contributed by atoms with E-state index >= 15 is 0 Å². The van der Waals surface area contributed by atoms with E-state index in [1.54, 1.807) is 35.3 Å². The van der Waals surface area contributed by atoms with Gasteiger partial charge >= 0.3 is 0 Å². The lowest BCUT2D eigenvalue weighted by atomic mass is 10.1. The lowest BCUT2D eigenvalue weighted by molar-refractivity contribution is 0.567. The van der Waals surface area contributed by atoms with Crippen molar-refractivity contribution in [2.24, 2.45) is 0 Å². The van der Waals surface area contributed by atoms with Crippen LogP contribution in [-0.2, 0) is 0 Å². The minimum Gasteiger partial charge on any atom is -0.472 e. The van der Waals surface area contributed by atoms with Gasteiger partial charge in [-0.2, -0.15) is 0 Å². The van der Waals surface area contributed by atoms with Crippen LogP contribution >= 0.6 is 0 Å². The highest BCUT2D eigenvalue weighted by atomic mass is 19.1. The number of aromatic nitrogens is 4. The van der Waals surface area contributed by atoms with Crippen LogP contribution < -0.4 is 0 Å². The molecule has 5 rings (SSSR count). The Morgan fingerprint density at radius 2 is 1.67 bits per heavy atom. The molecule has 0 saturated carbocycles. The SMILES string of the molecule is Fc1ccc(-c2cn3c(-c4ccoc4)c(-c4ccoc4)nnc3n2)c(F)c1. The van der Waals surface area contributed by atoms with Crippen molar-refractivity contribution in [1.29, 1.82) is 0 Å². The average molecular weight is 364 g/mol. The van der Waals surface area contributed by atoms with Crippen molar-refractivity contribution in [2.45, 2.75) is 0 Å². The zero-order valence-electron chi connectivity index (χ0n) is 13.6. The summed E-state index contributed by atoms with van der Waals surface area (Å²) >= 11 is 0. The second kappa shape index (κ2) is 5.87. The Kier molecular flexibility index (Phi) is 3.36. The molecule has 0 aliphatic heterocycles. The summed E-state index contributed by atoms with van der Waals surface area (Å²) < 4.78 is 39.5. The molecule has 0 N–H and O–H groups in total. The monoisotopic (exact) mass is 364 g/mol. The van der Waals surface area contributed by atoms with Gasteiger partial charge in [-0.15, -0.1) is 10.2 Å². The van der Waals surface area contributed by atoms with Gasteiger partial charge in [0.15, 0.2) is 0 Å². The van der Waals surface area contributed by atoms with Crippen LogP contribution in [-0.4, -0.2) is 19.6 Å². The van der Waals surface area contributed by atoms with Crippen LogP contribution in [0.3, 0.4) is 0 Å². The van der Waals surface area contributed by atoms with E-state index in [4.69, 9.17) is 8.83 Å². The largest absolute Gasteiger partial charge is 0.472 e. The first kappa shape index (κ1) is 15.4. The Labute approximate surface area is 150 Å². The molecule has 4 heterocycles. The Morgan fingerprint density at radius 3 is 2.37 bits per heavy atom. The third kappa shape index (κ3) is 2.50. The summed E-state index contributed by atoms with van der Waals surface area (Å²) in [5.74, 6) is -1.08. The van der Waals surface area contributed by atoms with Crippen LogP contribution in [0.2, 0.25) is 0 Å². The topological polar surface area (TPSA) is 69.4 Å². The van der Waals surface area contributed by atoms with Crippen molar-refractivity contribution in [3.8, 4) is 33.8 Å². The van der Waals surface area contributed by atoms with Gasteiger partial charge < -0.3 is 8.83 Å². The molecule has 0 saturated heterocycles. The highest BCUT2D eigenvalue weighted by Crippen LogP contribution is 2.32. The van der Waals surface area contributed by atoms with Crippen LogP contribution in [0.15, 0.2) is 70.4 Å². The molecule has 27 heavy (non-hydrogen) atoms. The molecule has 4 aromatic heterocycles. The molecule has 0 bridgehead atoms. The molecule has 6 nitrogen and oxygen atoms in total. The molecule has 0 spiro atoms. The molecule has 0 atom stereocenters. The Balaban J connectivity index is 1.79. The number of imidazole rings is 1. The number of nitrogens with zero attached hydrogens (tertiary/aromatic N) is 4. The molecule has 0 aliphatic carbocycles. The summed E-state index contributed by atoms with van der Waals surface area (Å²) in [5.41, 5.74) is 3.18. The zero-order chi connectivity index (χ0) is 18.4. The summed E-state index contributed by atoms with van der Waals surface area (Å²) in [7, 11) is 0. The van der Waals surface area contributed by atoms with Crippen molar-refractivity contribution >= 4 is 5.78 Å². The van der Waals surface area contributed by atoms with E-state index in [0.717, 1.165) is 17.2 Å². The Hall–Kier alpha value is -3.81. The zero-order valence-corrected chi connectivity index (χ0v) is 13.6. The van der Waals surface area contributed by atoms with Crippen LogP contribution in [0.4, 0.5) is 8.78 Å². The first-order valence-corrected chi connectivity index (χ1v) is 7.97. The predicted octanol–water partition coefficient (Wildman–Crippen LogP) is 4.59. The fourth-order valence-electron chi connectivity index (χ4n) is 2.96. The minimum absolute atomic E-state index is 0.171. The molecule has 1 aromatic carbocycles. The highest BCUT2D eigenvalue weighted by Gasteiger charge is 2.19. The number of hydrogen-bond acceptors (Lipinski definition) is 5. The summed E-state index contributed by atoms with van der Waals surface area (Å²) in [6, 6.07) is 6.88. The molecule has 0 radical (unpaired) electrons. The standard InChI is InChI=1S/C19H10F2N4O2/c20-13-1-2-14(15(21)7-13)16-8-25-18(12-4-6-27-10-12)17(11-3-5-26-9-11)23-24-19(25)22-16/h1-10H. The van der Waals surface area contributed by atoms with Gasteiger partial charge in [-0.1, -0.05) is 0 Å². The van der Waals surface area contributed by atoms with Gasteiger partial charge in [0.1, 0.15) is 17.3 Å². The lowest BCUT2D eigenvalue weighted by Crippen LogP contribution is -2.00. The van der Waals surface area contributed by atoms with Crippen molar-refractivity contribution in [3.05, 3.63) is 73.2 Å². The number of hydrogen-bond donors (Lipinski definition) is 0. The second-order valence-corrected chi connectivity index (χ2v) is 5.84. The molecular formula is C19H10F2N4O2. The summed E-state index contributed by atoms with van der Waals surface area (Å²) in [4.78, 5) is 4.34. The molecule has 0 fully saturated rings. The van der Waals surface area contributed by atoms with E-state index in [9.17, 15) is 8.78 Å². The fourth-order valence-corrected chi connectivity index (χ4v) is 2.96. The highest BCUT2D eigenvalue weighted by molar-refractivity contribution is 5.79. The van der Waals surface area contributed by atoms with Gasteiger partial charge in [0, 0.05) is 29.0 Å². The number of furan rings is 2. The van der Waals surface area contributed by atoms with Gasteiger partial charge in [-0.25, -0.2) is 13.8 Å². The average Bonchev–Trinajstić information content (AvgIpc) is 3.41. The number of fused-ring (bicyclic) bond motifs is 1. The van der Waals surface area contributed by atoms with Gasteiger partial charge in [0.25, 0.3) is 5.78 Å². The van der Waals surface area contributed by atoms with Gasteiger partial charge in [0.05, 0.1) is 36.4 Å². The first-order valence-electron chi connectivity index (χ1n) is 7.97. The van der Waals surface area contributed by atoms with Crippen LogP contribution in [0.1, 0.15) is 0 Å². The molecule has 5 aromatic rings. The molecular weight excluding hydrogens is 354 g/mol. The number of halogens is 2. The Morgan fingerprint density at radius 1 is 0.889 bits per heavy atom. The summed E-state index contributed by atoms with van der Waals surface area (Å²) in [6.07, 6.45) is 7.83. The second-order valence-electron chi connectivity index (χ2n) is 5.84. The molecule has 0 amide bonds. The van der Waals surface area contributed by atoms with E-state index in [1.165, 1.54) is 24.7 Å². The van der Waals surface area contributed by atoms with Crippen LogP contribution in [0.25, 0.3) is 39.5 Å². The maximum Gasteiger partial charge on any atom is 0.254 e. The molecule has 132 valence electrons. The molecule has 0 unspecified atom stereocenters. The third-order valence-corrected chi connectivity index (χ3v) is 4.19. The first-order chi connectivity index (χ1) is 13.2. The fraction of sp³-hybridized carbons (Fsp3) is 0. The maximum absolute atomic E-state index is 14.2. The normalized spacial score (nSPS) is 11.3. The number of benzene rings is 1.